The summed E-state index contributed by atoms with van der Waals surface area (Å²) in [5.74, 6) is 0.0397. The first-order valence-corrected chi connectivity index (χ1v) is 9.01. The maximum absolute atomic E-state index is 13.7. The minimum atomic E-state index is -4.54. The van der Waals surface area contributed by atoms with Crippen molar-refractivity contribution >= 4 is 29.1 Å². The van der Waals surface area contributed by atoms with Gasteiger partial charge in [-0.05, 0) is 24.6 Å². The minimum absolute atomic E-state index is 0.0972. The van der Waals surface area contributed by atoms with Gasteiger partial charge in [0.2, 0.25) is 0 Å². The first-order valence-electron chi connectivity index (χ1n) is 8.63. The van der Waals surface area contributed by atoms with Crippen LogP contribution >= 0.6 is 11.6 Å². The molecule has 152 valence electrons. The number of aryl methyl sites for hydroxylation is 1. The number of aromatic nitrogens is 3. The molecule has 2 atom stereocenters. The predicted molar refractivity (Wildman–Crippen MR) is 98.9 cm³/mol. The molecule has 0 saturated heterocycles. The van der Waals surface area contributed by atoms with Gasteiger partial charge in [0.15, 0.2) is 17.6 Å². The molecular formula is C18H15ClF3N5O2. The second-order valence-electron chi connectivity index (χ2n) is 6.68. The normalized spacial score (nSPS) is 18.8. The van der Waals surface area contributed by atoms with E-state index in [1.807, 2.05) is 0 Å². The van der Waals surface area contributed by atoms with Crippen molar-refractivity contribution in [3.8, 4) is 0 Å². The van der Waals surface area contributed by atoms with E-state index in [0.29, 0.717) is 16.3 Å². The molecule has 2 aromatic heterocycles. The Hall–Kier alpha value is -3.01. The van der Waals surface area contributed by atoms with Crippen LogP contribution in [-0.4, -0.2) is 27.0 Å². The molecule has 4 rings (SSSR count). The molecule has 0 saturated carbocycles. The van der Waals surface area contributed by atoms with Crippen molar-refractivity contribution in [1.29, 1.82) is 0 Å². The third kappa shape index (κ3) is 3.93. The molecule has 0 fully saturated rings. The van der Waals surface area contributed by atoms with Crippen LogP contribution in [0.2, 0.25) is 5.02 Å². The summed E-state index contributed by atoms with van der Waals surface area (Å²) in [5.41, 5.74) is 0.485. The van der Waals surface area contributed by atoms with Crippen molar-refractivity contribution in [2.75, 3.05) is 10.6 Å². The number of anilines is 2. The van der Waals surface area contributed by atoms with Gasteiger partial charge >= 0.3 is 6.18 Å². The number of carbonyl (C=O) groups excluding carboxylic acids is 1. The number of nitrogens with zero attached hydrogens (tertiary/aromatic N) is 3. The largest absolute Gasteiger partial charge is 0.410 e. The summed E-state index contributed by atoms with van der Waals surface area (Å²) in [5, 5.41) is 13.5. The highest BCUT2D eigenvalue weighted by atomic mass is 35.5. The molecule has 1 aliphatic heterocycles. The van der Waals surface area contributed by atoms with Crippen LogP contribution in [0.1, 0.15) is 40.3 Å². The summed E-state index contributed by atoms with van der Waals surface area (Å²) in [7, 11) is 0. The number of benzene rings is 1. The van der Waals surface area contributed by atoms with E-state index in [-0.39, 0.29) is 23.8 Å². The highest BCUT2D eigenvalue weighted by molar-refractivity contribution is 6.30. The van der Waals surface area contributed by atoms with Crippen molar-refractivity contribution in [1.82, 2.24) is 14.9 Å². The van der Waals surface area contributed by atoms with Gasteiger partial charge in [-0.2, -0.15) is 18.3 Å². The highest BCUT2D eigenvalue weighted by Crippen LogP contribution is 2.43. The molecule has 0 radical (unpaired) electrons. The summed E-state index contributed by atoms with van der Waals surface area (Å²) >= 11 is 5.87. The fourth-order valence-electron chi connectivity index (χ4n) is 3.20. The van der Waals surface area contributed by atoms with Crippen LogP contribution in [0.25, 0.3) is 0 Å². The molecule has 0 unspecified atom stereocenters. The van der Waals surface area contributed by atoms with E-state index in [1.54, 1.807) is 31.2 Å². The van der Waals surface area contributed by atoms with Crippen LogP contribution in [0.15, 0.2) is 40.9 Å². The van der Waals surface area contributed by atoms with E-state index < -0.39 is 24.2 Å². The molecule has 1 aromatic carbocycles. The molecule has 1 amide bonds. The first kappa shape index (κ1) is 19.3. The zero-order valence-electron chi connectivity index (χ0n) is 15.0. The van der Waals surface area contributed by atoms with Crippen molar-refractivity contribution < 1.29 is 22.5 Å². The minimum Gasteiger partial charge on any atom is -0.363 e. The number of hydrogen-bond acceptors (Lipinski definition) is 5. The number of carbonyl (C=O) groups is 1. The number of fused-ring (bicyclic) bond motifs is 1. The Morgan fingerprint density at radius 2 is 2.03 bits per heavy atom. The number of halogens is 4. The second kappa shape index (κ2) is 7.11. The maximum Gasteiger partial charge on any atom is 0.410 e. The second-order valence-corrected chi connectivity index (χ2v) is 7.11. The van der Waals surface area contributed by atoms with Gasteiger partial charge in [0.25, 0.3) is 5.91 Å². The Labute approximate surface area is 167 Å². The molecule has 3 aromatic rings. The van der Waals surface area contributed by atoms with E-state index in [2.05, 4.69) is 20.9 Å². The summed E-state index contributed by atoms with van der Waals surface area (Å²) in [6.07, 6.45) is -4.81. The lowest BCUT2D eigenvalue weighted by molar-refractivity contribution is -0.173. The molecule has 7 nitrogen and oxygen atoms in total. The van der Waals surface area contributed by atoms with Crippen LogP contribution in [0.5, 0.6) is 0 Å². The fraction of sp³-hybridized carbons (Fsp3) is 0.278. The Balaban J connectivity index is 1.64. The number of amides is 1. The molecular weight excluding hydrogens is 411 g/mol. The van der Waals surface area contributed by atoms with Crippen molar-refractivity contribution in [3.05, 3.63) is 58.4 Å². The third-order valence-electron chi connectivity index (χ3n) is 4.56. The fourth-order valence-corrected chi connectivity index (χ4v) is 3.33. The molecule has 0 aliphatic carbocycles. The quantitative estimate of drug-likeness (QED) is 0.632. The average molecular weight is 426 g/mol. The average Bonchev–Trinajstić information content (AvgIpc) is 3.26. The molecule has 0 spiro atoms. The van der Waals surface area contributed by atoms with E-state index in [9.17, 15) is 18.0 Å². The summed E-state index contributed by atoms with van der Waals surface area (Å²) in [6, 6.07) is 6.84. The van der Waals surface area contributed by atoms with E-state index in [0.717, 1.165) is 4.68 Å². The lowest BCUT2D eigenvalue weighted by Gasteiger charge is -2.33. The highest BCUT2D eigenvalue weighted by Gasteiger charge is 2.46. The van der Waals surface area contributed by atoms with Crippen LogP contribution in [-0.2, 0) is 0 Å². The zero-order valence-corrected chi connectivity index (χ0v) is 15.8. The van der Waals surface area contributed by atoms with Crippen molar-refractivity contribution in [2.45, 2.75) is 31.6 Å². The molecule has 2 N–H and O–H groups in total. The van der Waals surface area contributed by atoms with Crippen LogP contribution < -0.4 is 10.6 Å². The molecule has 0 bridgehead atoms. The summed E-state index contributed by atoms with van der Waals surface area (Å²) < 4.78 is 46.8. The van der Waals surface area contributed by atoms with Gasteiger partial charge in [0.1, 0.15) is 11.6 Å². The molecule has 11 heteroatoms. The molecule has 29 heavy (non-hydrogen) atoms. The lowest BCUT2D eigenvalue weighted by atomic mass is 9.97. The predicted octanol–water partition coefficient (Wildman–Crippen LogP) is 4.75. The van der Waals surface area contributed by atoms with E-state index in [1.165, 1.54) is 12.1 Å². The number of nitrogens with one attached hydrogen (secondary N) is 2. The Morgan fingerprint density at radius 3 is 2.66 bits per heavy atom. The number of rotatable bonds is 3. The number of alkyl halides is 3. The standard InChI is InChI=1S/C18H15ClF3N5O2/c1-9-6-15(26-29-9)24-17(28)13-8-16-23-12(10-2-4-11(19)5-3-10)7-14(18(20,21)22)27(16)25-13/h2-6,8,12,14,23H,7H2,1H3,(H,24,26,28)/t12-,14-/m0/s1. The van der Waals surface area contributed by atoms with Gasteiger partial charge < -0.3 is 15.2 Å². The molecule has 1 aliphatic rings. The summed E-state index contributed by atoms with van der Waals surface area (Å²) in [6.45, 7) is 1.65. The Kier molecular flexibility index (Phi) is 4.73. The van der Waals surface area contributed by atoms with Crippen LogP contribution in [0, 0.1) is 6.92 Å². The van der Waals surface area contributed by atoms with E-state index >= 15 is 0 Å². The van der Waals surface area contributed by atoms with Gasteiger partial charge in [-0.3, -0.25) is 4.79 Å². The first-order chi connectivity index (χ1) is 13.7. The Morgan fingerprint density at radius 1 is 1.31 bits per heavy atom. The topological polar surface area (TPSA) is 85.0 Å². The Bertz CT molecular complexity index is 1040. The summed E-state index contributed by atoms with van der Waals surface area (Å²) in [4.78, 5) is 12.4. The zero-order chi connectivity index (χ0) is 20.8. The lowest BCUT2D eigenvalue weighted by Crippen LogP contribution is -2.35. The van der Waals surface area contributed by atoms with Gasteiger partial charge in [0.05, 0.1) is 6.04 Å². The smallest absolute Gasteiger partial charge is 0.363 e. The monoisotopic (exact) mass is 425 g/mol. The van der Waals surface area contributed by atoms with Gasteiger partial charge in [-0.25, -0.2) is 4.68 Å². The van der Waals surface area contributed by atoms with Gasteiger partial charge in [-0.1, -0.05) is 28.9 Å². The van der Waals surface area contributed by atoms with Gasteiger partial charge in [-0.15, -0.1) is 0 Å². The van der Waals surface area contributed by atoms with Crippen molar-refractivity contribution in [2.24, 2.45) is 0 Å². The van der Waals surface area contributed by atoms with Gasteiger partial charge in [0, 0.05) is 23.6 Å². The van der Waals surface area contributed by atoms with Crippen LogP contribution in [0.3, 0.4) is 0 Å². The van der Waals surface area contributed by atoms with Crippen LogP contribution in [0.4, 0.5) is 24.8 Å². The number of hydrogen-bond donors (Lipinski definition) is 2. The van der Waals surface area contributed by atoms with E-state index in [4.69, 9.17) is 16.1 Å². The van der Waals surface area contributed by atoms with Crippen molar-refractivity contribution in [3.63, 3.8) is 0 Å². The maximum atomic E-state index is 13.7. The SMILES string of the molecule is Cc1cc(NC(=O)c2cc3n(n2)[C@H](C(F)(F)F)C[C@@H](c2ccc(Cl)cc2)N3)no1. The molecule has 3 heterocycles. The third-order valence-corrected chi connectivity index (χ3v) is 4.82.